The number of rotatable bonds is 7. The first-order valence-electron chi connectivity index (χ1n) is 11.9. The molecule has 1 saturated heterocycles. The number of benzene rings is 2. The highest BCUT2D eigenvalue weighted by Gasteiger charge is 2.49. The third-order valence-corrected chi connectivity index (χ3v) is 6.65. The maximum Gasteiger partial charge on any atom is 0.407 e. The summed E-state index contributed by atoms with van der Waals surface area (Å²) in [4.78, 5) is 39.3. The molecule has 2 aliphatic rings. The van der Waals surface area contributed by atoms with Crippen molar-refractivity contribution in [3.05, 3.63) is 59.7 Å². The van der Waals surface area contributed by atoms with Crippen molar-refractivity contribution in [1.29, 1.82) is 0 Å². The van der Waals surface area contributed by atoms with Crippen LogP contribution in [0.5, 0.6) is 0 Å². The summed E-state index contributed by atoms with van der Waals surface area (Å²) >= 11 is 0. The maximum absolute atomic E-state index is 13.4. The molecule has 1 aliphatic heterocycles. The first-order chi connectivity index (χ1) is 16.6. The first kappa shape index (κ1) is 24.7. The largest absolute Gasteiger partial charge is 0.480 e. The molecule has 8 nitrogen and oxygen atoms in total. The number of carbonyl (C=O) groups is 3. The highest BCUT2D eigenvalue weighted by molar-refractivity contribution is 5.90. The van der Waals surface area contributed by atoms with Crippen molar-refractivity contribution in [1.82, 2.24) is 10.2 Å². The molecule has 2 N–H and O–H groups in total. The monoisotopic (exact) mass is 480 g/mol. The van der Waals surface area contributed by atoms with Crippen LogP contribution in [-0.4, -0.2) is 59.0 Å². The van der Waals surface area contributed by atoms with Crippen LogP contribution in [0.25, 0.3) is 11.1 Å². The molecule has 1 fully saturated rings. The fraction of sp³-hybridized carbons (Fsp3) is 0.444. The highest BCUT2D eigenvalue weighted by atomic mass is 16.6. The Labute approximate surface area is 205 Å². The number of carboxylic acid groups (broad SMARTS) is 1. The molecule has 0 aromatic heterocycles. The molecule has 186 valence electrons. The van der Waals surface area contributed by atoms with Crippen molar-refractivity contribution in [3.63, 3.8) is 0 Å². The standard InChI is InChI=1S/C27H32N2O6/c1-16(2)13-22(24(30)29-23(25(31)32)15-35-27(29,3)4)28-26(33)34-14-21-19-11-7-5-9-17(19)18-10-6-8-12-20(18)21/h5-12,16,21-23H,13-15H2,1-4H3,(H,28,33)(H,31,32)/t22-,23-/m0/s1. The Kier molecular flexibility index (Phi) is 6.85. The number of alkyl carbamates (subject to hydrolysis) is 1. The lowest BCUT2D eigenvalue weighted by atomic mass is 9.98. The van der Waals surface area contributed by atoms with Crippen molar-refractivity contribution in [2.75, 3.05) is 13.2 Å². The quantitative estimate of drug-likeness (QED) is 0.621. The number of nitrogens with zero attached hydrogens (tertiary/aromatic N) is 1. The van der Waals surface area contributed by atoms with E-state index in [0.717, 1.165) is 22.3 Å². The van der Waals surface area contributed by atoms with Crippen LogP contribution < -0.4 is 5.32 Å². The Balaban J connectivity index is 1.48. The van der Waals surface area contributed by atoms with Gasteiger partial charge in [0.2, 0.25) is 5.91 Å². The summed E-state index contributed by atoms with van der Waals surface area (Å²) in [5.41, 5.74) is 3.34. The molecule has 35 heavy (non-hydrogen) atoms. The van der Waals surface area contributed by atoms with Crippen LogP contribution in [0.4, 0.5) is 4.79 Å². The number of carbonyl (C=O) groups excluding carboxylic acids is 2. The van der Waals surface area contributed by atoms with E-state index in [9.17, 15) is 19.5 Å². The van der Waals surface area contributed by atoms with E-state index in [-0.39, 0.29) is 25.0 Å². The predicted molar refractivity (Wildman–Crippen MR) is 130 cm³/mol. The molecule has 2 amide bonds. The van der Waals surface area contributed by atoms with E-state index in [1.54, 1.807) is 13.8 Å². The van der Waals surface area contributed by atoms with E-state index in [4.69, 9.17) is 9.47 Å². The van der Waals surface area contributed by atoms with E-state index >= 15 is 0 Å². The van der Waals surface area contributed by atoms with Gasteiger partial charge in [-0.25, -0.2) is 9.59 Å². The number of nitrogens with one attached hydrogen (secondary N) is 1. The molecule has 4 rings (SSSR count). The van der Waals surface area contributed by atoms with E-state index < -0.39 is 35.8 Å². The molecular weight excluding hydrogens is 448 g/mol. The Morgan fingerprint density at radius 1 is 1.09 bits per heavy atom. The molecule has 1 aliphatic carbocycles. The van der Waals surface area contributed by atoms with Gasteiger partial charge in [-0.15, -0.1) is 0 Å². The molecule has 0 unspecified atom stereocenters. The molecule has 2 aromatic rings. The number of aliphatic carboxylic acids is 1. The van der Waals surface area contributed by atoms with Crippen LogP contribution in [0, 0.1) is 5.92 Å². The van der Waals surface area contributed by atoms with Crippen molar-refractivity contribution in [2.24, 2.45) is 5.92 Å². The fourth-order valence-corrected chi connectivity index (χ4v) is 5.05. The van der Waals surface area contributed by atoms with Gasteiger partial charge < -0.3 is 19.9 Å². The third-order valence-electron chi connectivity index (χ3n) is 6.65. The minimum absolute atomic E-state index is 0.0766. The minimum atomic E-state index is -1.15. The molecule has 0 radical (unpaired) electrons. The Morgan fingerprint density at radius 2 is 1.66 bits per heavy atom. The molecule has 2 atom stereocenters. The lowest BCUT2D eigenvalue weighted by Crippen LogP contribution is -2.58. The molecule has 2 aromatic carbocycles. The van der Waals surface area contributed by atoms with Crippen molar-refractivity contribution >= 4 is 18.0 Å². The number of hydrogen-bond acceptors (Lipinski definition) is 5. The Bertz CT molecular complexity index is 1080. The van der Waals surface area contributed by atoms with Crippen LogP contribution in [0.15, 0.2) is 48.5 Å². The lowest BCUT2D eigenvalue weighted by molar-refractivity contribution is -0.157. The second-order valence-electron chi connectivity index (χ2n) is 9.97. The number of amides is 2. The van der Waals surface area contributed by atoms with Gasteiger partial charge in [0.1, 0.15) is 18.4 Å². The van der Waals surface area contributed by atoms with Crippen LogP contribution in [0.2, 0.25) is 0 Å². The Morgan fingerprint density at radius 3 is 2.20 bits per heavy atom. The summed E-state index contributed by atoms with van der Waals surface area (Å²) < 4.78 is 11.2. The average Bonchev–Trinajstić information content (AvgIpc) is 3.30. The maximum atomic E-state index is 13.4. The average molecular weight is 481 g/mol. The number of ether oxygens (including phenoxy) is 2. The van der Waals surface area contributed by atoms with Gasteiger partial charge in [-0.2, -0.15) is 0 Å². The van der Waals surface area contributed by atoms with Crippen molar-refractivity contribution < 1.29 is 29.0 Å². The summed E-state index contributed by atoms with van der Waals surface area (Å²) in [6.07, 6.45) is -0.377. The summed E-state index contributed by atoms with van der Waals surface area (Å²) in [6.45, 7) is 7.17. The zero-order valence-corrected chi connectivity index (χ0v) is 20.5. The van der Waals surface area contributed by atoms with Crippen LogP contribution in [-0.2, 0) is 19.1 Å². The van der Waals surface area contributed by atoms with Crippen LogP contribution >= 0.6 is 0 Å². The van der Waals surface area contributed by atoms with Gasteiger partial charge in [-0.3, -0.25) is 9.69 Å². The normalized spacial score (nSPS) is 19.2. The highest BCUT2D eigenvalue weighted by Crippen LogP contribution is 2.44. The third kappa shape index (κ3) is 4.89. The second kappa shape index (κ2) is 9.70. The van der Waals surface area contributed by atoms with Crippen LogP contribution in [0.3, 0.4) is 0 Å². The summed E-state index contributed by atoms with van der Waals surface area (Å²) in [7, 11) is 0. The molecule has 0 saturated carbocycles. The van der Waals surface area contributed by atoms with Crippen LogP contribution in [0.1, 0.15) is 51.2 Å². The number of fused-ring (bicyclic) bond motifs is 3. The summed E-state index contributed by atoms with van der Waals surface area (Å²) in [5.74, 6) is -1.67. The van der Waals surface area contributed by atoms with Crippen molar-refractivity contribution in [3.8, 4) is 11.1 Å². The van der Waals surface area contributed by atoms with E-state index in [1.165, 1.54) is 4.90 Å². The van der Waals surface area contributed by atoms with Crippen molar-refractivity contribution in [2.45, 2.75) is 57.8 Å². The van der Waals surface area contributed by atoms with E-state index in [0.29, 0.717) is 6.42 Å². The zero-order chi connectivity index (χ0) is 25.3. The van der Waals surface area contributed by atoms with Gasteiger partial charge in [-0.05, 0) is 48.4 Å². The number of carboxylic acids is 1. The Hall–Kier alpha value is -3.39. The second-order valence-corrected chi connectivity index (χ2v) is 9.97. The molecule has 8 heteroatoms. The molecule has 0 bridgehead atoms. The van der Waals surface area contributed by atoms with Gasteiger partial charge in [0.05, 0.1) is 6.61 Å². The molecule has 0 spiro atoms. The van der Waals surface area contributed by atoms with Gasteiger partial charge in [0, 0.05) is 5.92 Å². The summed E-state index contributed by atoms with van der Waals surface area (Å²) in [5, 5.41) is 12.3. The smallest absolute Gasteiger partial charge is 0.407 e. The van der Waals surface area contributed by atoms with Gasteiger partial charge in [0.15, 0.2) is 6.04 Å². The van der Waals surface area contributed by atoms with Gasteiger partial charge in [0.25, 0.3) is 0 Å². The molecular formula is C27H32N2O6. The van der Waals surface area contributed by atoms with Gasteiger partial charge >= 0.3 is 12.1 Å². The SMILES string of the molecule is CC(C)C[C@H](NC(=O)OCC1c2ccccc2-c2ccccc21)C(=O)N1[C@H](C(=O)O)COC1(C)C. The predicted octanol–water partition coefficient (Wildman–Crippen LogP) is 3.99. The van der Waals surface area contributed by atoms with E-state index in [2.05, 4.69) is 17.4 Å². The molecule has 1 heterocycles. The topological polar surface area (TPSA) is 105 Å². The number of hydrogen-bond donors (Lipinski definition) is 2. The van der Waals surface area contributed by atoms with E-state index in [1.807, 2.05) is 50.2 Å². The summed E-state index contributed by atoms with van der Waals surface area (Å²) in [6, 6.07) is 14.0. The minimum Gasteiger partial charge on any atom is -0.480 e. The fourth-order valence-electron chi connectivity index (χ4n) is 5.05. The van der Waals surface area contributed by atoms with Gasteiger partial charge in [-0.1, -0.05) is 62.4 Å². The first-order valence-corrected chi connectivity index (χ1v) is 11.9. The zero-order valence-electron chi connectivity index (χ0n) is 20.5. The lowest BCUT2D eigenvalue weighted by Gasteiger charge is -2.35.